The average molecular weight is 479 g/mol. The summed E-state index contributed by atoms with van der Waals surface area (Å²) >= 11 is 0. The first-order chi connectivity index (χ1) is 16.7. The number of rotatable bonds is 4. The van der Waals surface area contributed by atoms with E-state index in [0.717, 1.165) is 64.9 Å². The van der Waals surface area contributed by atoms with Crippen LogP contribution in [0.25, 0.3) is 27.9 Å². The molecule has 6 nitrogen and oxygen atoms in total. The first-order valence-corrected chi connectivity index (χ1v) is 12.7. The van der Waals surface area contributed by atoms with Crippen LogP contribution in [0.15, 0.2) is 24.7 Å². The van der Waals surface area contributed by atoms with Crippen LogP contribution in [0.2, 0.25) is 0 Å². The molecule has 0 unspecified atom stereocenters. The van der Waals surface area contributed by atoms with Crippen LogP contribution in [0.4, 0.5) is 8.78 Å². The van der Waals surface area contributed by atoms with Crippen molar-refractivity contribution in [1.82, 2.24) is 29.5 Å². The molecule has 4 aromatic rings. The van der Waals surface area contributed by atoms with E-state index in [-0.39, 0.29) is 25.0 Å². The smallest absolute Gasteiger partial charge is 0.272 e. The Morgan fingerprint density at radius 3 is 2.49 bits per heavy atom. The molecule has 8 heteroatoms. The molecule has 1 aliphatic heterocycles. The summed E-state index contributed by atoms with van der Waals surface area (Å²) in [5, 5.41) is 4.38. The molecule has 0 spiro atoms. The van der Waals surface area contributed by atoms with Gasteiger partial charge in [-0.3, -0.25) is 9.88 Å². The zero-order valence-corrected chi connectivity index (χ0v) is 20.8. The van der Waals surface area contributed by atoms with Crippen LogP contribution in [-0.4, -0.2) is 54.5 Å². The number of nitrogens with one attached hydrogen (secondary N) is 1. The zero-order chi connectivity index (χ0) is 24.5. The van der Waals surface area contributed by atoms with Crippen molar-refractivity contribution in [3.05, 3.63) is 47.0 Å². The Kier molecular flexibility index (Phi) is 5.22. The lowest BCUT2D eigenvalue weighted by Gasteiger charge is -2.46. The van der Waals surface area contributed by atoms with E-state index in [1.54, 1.807) is 6.33 Å². The average Bonchev–Trinajstić information content (AvgIpc) is 3.44. The highest BCUT2D eigenvalue weighted by molar-refractivity contribution is 5.89. The van der Waals surface area contributed by atoms with Crippen molar-refractivity contribution < 1.29 is 8.78 Å². The molecule has 0 amide bonds. The topological polar surface area (TPSA) is 62.1 Å². The number of likely N-dealkylation sites (tertiary alicyclic amines) is 1. The molecule has 1 aliphatic carbocycles. The van der Waals surface area contributed by atoms with Gasteiger partial charge in [0, 0.05) is 35.0 Å². The van der Waals surface area contributed by atoms with Crippen molar-refractivity contribution in [1.29, 1.82) is 0 Å². The highest BCUT2D eigenvalue weighted by Crippen LogP contribution is 2.41. The van der Waals surface area contributed by atoms with Crippen molar-refractivity contribution in [3.8, 4) is 11.3 Å². The highest BCUT2D eigenvalue weighted by Gasteiger charge is 2.47. The number of aromatic nitrogens is 5. The van der Waals surface area contributed by atoms with E-state index >= 15 is 0 Å². The van der Waals surface area contributed by atoms with Gasteiger partial charge >= 0.3 is 0 Å². The summed E-state index contributed by atoms with van der Waals surface area (Å²) < 4.78 is 28.5. The van der Waals surface area contributed by atoms with Gasteiger partial charge in [0.1, 0.15) is 6.33 Å². The van der Waals surface area contributed by atoms with Crippen molar-refractivity contribution in [2.75, 3.05) is 13.1 Å². The summed E-state index contributed by atoms with van der Waals surface area (Å²) in [6.07, 6.45) is 7.58. The largest absolute Gasteiger partial charge is 0.353 e. The van der Waals surface area contributed by atoms with E-state index in [4.69, 9.17) is 4.98 Å². The Balaban J connectivity index is 1.33. The second kappa shape index (κ2) is 8.08. The van der Waals surface area contributed by atoms with Gasteiger partial charge in [0.25, 0.3) is 5.92 Å². The number of hydrogen-bond donors (Lipinski definition) is 1. The van der Waals surface area contributed by atoms with E-state index in [0.29, 0.717) is 5.92 Å². The lowest BCUT2D eigenvalue weighted by molar-refractivity contribution is -0.150. The molecule has 0 radical (unpaired) electrons. The van der Waals surface area contributed by atoms with Gasteiger partial charge < -0.3 is 4.98 Å². The Hall–Kier alpha value is -2.87. The molecule has 2 aliphatic rings. The molecule has 1 N–H and O–H groups in total. The fourth-order valence-electron chi connectivity index (χ4n) is 6.10. The number of halogens is 2. The van der Waals surface area contributed by atoms with E-state index < -0.39 is 5.92 Å². The van der Waals surface area contributed by atoms with Crippen LogP contribution >= 0.6 is 0 Å². The number of aryl methyl sites for hydroxylation is 1. The Bertz CT molecular complexity index is 1400. The third kappa shape index (κ3) is 3.73. The Morgan fingerprint density at radius 1 is 1.06 bits per heavy atom. The number of H-pyrrole nitrogens is 1. The minimum Gasteiger partial charge on any atom is -0.353 e. The molecule has 5 heterocycles. The van der Waals surface area contributed by atoms with Gasteiger partial charge in [-0.1, -0.05) is 13.8 Å². The normalized spacial score (nSPS) is 22.8. The van der Waals surface area contributed by atoms with Crippen LogP contribution in [0.5, 0.6) is 0 Å². The van der Waals surface area contributed by atoms with Gasteiger partial charge in [0.2, 0.25) is 0 Å². The maximum Gasteiger partial charge on any atom is 0.272 e. The monoisotopic (exact) mass is 478 g/mol. The number of aromatic amines is 1. The molecule has 35 heavy (non-hydrogen) atoms. The number of alkyl halides is 2. The molecule has 1 saturated carbocycles. The number of fused-ring (bicyclic) bond motifs is 2. The van der Waals surface area contributed by atoms with E-state index in [9.17, 15) is 8.78 Å². The summed E-state index contributed by atoms with van der Waals surface area (Å²) in [6, 6.07) is 4.59. The van der Waals surface area contributed by atoms with Gasteiger partial charge in [-0.2, -0.15) is 5.10 Å². The van der Waals surface area contributed by atoms with Crippen LogP contribution < -0.4 is 0 Å². The molecule has 1 saturated heterocycles. The minimum atomic E-state index is -2.49. The molecular formula is C27H32F2N6. The quantitative estimate of drug-likeness (QED) is 0.391. The van der Waals surface area contributed by atoms with Gasteiger partial charge in [0.15, 0.2) is 5.65 Å². The first kappa shape index (κ1) is 22.6. The summed E-state index contributed by atoms with van der Waals surface area (Å²) in [5.74, 6) is -1.82. The van der Waals surface area contributed by atoms with Gasteiger partial charge in [-0.15, -0.1) is 0 Å². The van der Waals surface area contributed by atoms with Crippen molar-refractivity contribution >= 4 is 16.7 Å². The highest BCUT2D eigenvalue weighted by atomic mass is 19.3. The maximum absolute atomic E-state index is 13.3. The Labute approximate surface area is 203 Å². The van der Waals surface area contributed by atoms with E-state index in [1.807, 2.05) is 9.42 Å². The number of nitrogens with zero attached hydrogens (tertiary/aromatic N) is 5. The molecule has 6 rings (SSSR count). The minimum absolute atomic E-state index is 0.0737. The Morgan fingerprint density at radius 2 is 1.80 bits per heavy atom. The maximum atomic E-state index is 13.3. The van der Waals surface area contributed by atoms with Crippen LogP contribution in [0.3, 0.4) is 0 Å². The molecule has 2 fully saturated rings. The van der Waals surface area contributed by atoms with Crippen molar-refractivity contribution in [3.63, 3.8) is 0 Å². The summed E-state index contributed by atoms with van der Waals surface area (Å²) in [6.45, 7) is 8.51. The standard InChI is InChI=1S/C27H32F2N6/c1-15(2)23-24(20-11-35-26(30-14-31-35)17(4)16(20)3)33-22-10-9-21(32-25(22)23)18-5-7-19(8-6-18)34-12-27(28,29)13-34/h9-11,14-15,18-19,33H,5-8,12-13H2,1-4H3. The molecule has 0 bridgehead atoms. The van der Waals surface area contributed by atoms with Crippen molar-refractivity contribution in [2.45, 2.75) is 77.2 Å². The summed E-state index contributed by atoms with van der Waals surface area (Å²) in [4.78, 5) is 15.2. The molecule has 184 valence electrons. The summed E-state index contributed by atoms with van der Waals surface area (Å²) in [7, 11) is 0. The first-order valence-electron chi connectivity index (χ1n) is 12.7. The molecule has 0 aromatic carbocycles. The third-order valence-corrected chi connectivity index (χ3v) is 8.17. The van der Waals surface area contributed by atoms with Gasteiger partial charge in [0.05, 0.1) is 29.8 Å². The number of pyridine rings is 2. The fourth-order valence-corrected chi connectivity index (χ4v) is 6.10. The second-order valence-electron chi connectivity index (χ2n) is 10.8. The second-order valence-corrected chi connectivity index (χ2v) is 10.8. The van der Waals surface area contributed by atoms with E-state index in [2.05, 4.69) is 61.1 Å². The SMILES string of the molecule is Cc1c(-c2[nH]c3ccc(C4CCC(N5CC(F)(F)C5)CC4)nc3c2C(C)C)cn2ncnc2c1C. The van der Waals surface area contributed by atoms with Crippen LogP contribution in [-0.2, 0) is 0 Å². The third-order valence-electron chi connectivity index (χ3n) is 8.17. The summed E-state index contributed by atoms with van der Waals surface area (Å²) in [5.41, 5.74) is 9.83. The van der Waals surface area contributed by atoms with Gasteiger partial charge in [-0.05, 0) is 68.7 Å². The van der Waals surface area contributed by atoms with Crippen molar-refractivity contribution in [2.24, 2.45) is 0 Å². The molecular weight excluding hydrogens is 446 g/mol. The lowest BCUT2D eigenvalue weighted by Crippen LogP contribution is -2.60. The predicted molar refractivity (Wildman–Crippen MR) is 133 cm³/mol. The predicted octanol–water partition coefficient (Wildman–Crippen LogP) is 5.99. The number of hydrogen-bond acceptors (Lipinski definition) is 4. The zero-order valence-electron chi connectivity index (χ0n) is 20.8. The van der Waals surface area contributed by atoms with Crippen LogP contribution in [0.1, 0.15) is 73.8 Å². The van der Waals surface area contributed by atoms with E-state index in [1.165, 1.54) is 11.1 Å². The van der Waals surface area contributed by atoms with Crippen LogP contribution in [0, 0.1) is 13.8 Å². The molecule has 0 atom stereocenters. The lowest BCUT2D eigenvalue weighted by atomic mass is 9.82. The van der Waals surface area contributed by atoms with Gasteiger partial charge in [-0.25, -0.2) is 18.3 Å². The molecule has 4 aromatic heterocycles. The fraction of sp³-hybridized carbons (Fsp3) is 0.519.